The molecule has 8 heteroatoms. The molecule has 0 saturated carbocycles. The average molecular weight is 392 g/mol. The summed E-state index contributed by atoms with van der Waals surface area (Å²) in [6, 6.07) is 11.0. The van der Waals surface area contributed by atoms with Crippen LogP contribution >= 0.6 is 11.3 Å². The van der Waals surface area contributed by atoms with Crippen molar-refractivity contribution in [2.24, 2.45) is 0 Å². The van der Waals surface area contributed by atoms with Crippen LogP contribution in [0.2, 0.25) is 0 Å². The summed E-state index contributed by atoms with van der Waals surface area (Å²) in [7, 11) is 0. The maximum Gasteiger partial charge on any atom is 0.260 e. The molecule has 28 heavy (non-hydrogen) atoms. The zero-order valence-corrected chi connectivity index (χ0v) is 15.7. The van der Waals surface area contributed by atoms with Crippen molar-refractivity contribution in [3.8, 4) is 0 Å². The molecule has 140 valence electrons. The monoisotopic (exact) mass is 392 g/mol. The normalized spacial score (nSPS) is 10.8. The molecule has 0 fully saturated rings. The summed E-state index contributed by atoms with van der Waals surface area (Å²) in [4.78, 5) is 33.3. The number of aromatic nitrogens is 2. The number of carbonyl (C=O) groups is 2. The van der Waals surface area contributed by atoms with Crippen LogP contribution in [0.15, 0.2) is 58.7 Å². The number of fused-ring (bicyclic) bond motifs is 1. The third-order valence-corrected chi connectivity index (χ3v) is 4.93. The van der Waals surface area contributed by atoms with E-state index in [9.17, 15) is 9.59 Å². The molecule has 7 nitrogen and oxygen atoms in total. The van der Waals surface area contributed by atoms with Crippen LogP contribution < -0.4 is 10.6 Å². The molecule has 2 amide bonds. The second kappa shape index (κ2) is 7.61. The molecule has 1 aromatic carbocycles. The minimum absolute atomic E-state index is 0.0975. The standard InChI is InChI=1S/C20H16N4O3S/c1-12-15(7-9-27-12)19(26)24-20-22-14(11-28-20)10-17(25)23-16-6-2-4-13-5-3-8-21-18(13)16/h2-9,11H,10H2,1H3,(H,23,25)(H,22,24,26). The van der Waals surface area contributed by atoms with Gasteiger partial charge < -0.3 is 9.73 Å². The third kappa shape index (κ3) is 3.77. The predicted molar refractivity (Wildman–Crippen MR) is 108 cm³/mol. The van der Waals surface area contributed by atoms with E-state index in [1.165, 1.54) is 17.6 Å². The first-order valence-electron chi connectivity index (χ1n) is 8.53. The molecule has 0 saturated heterocycles. The number of hydrogen-bond acceptors (Lipinski definition) is 6. The molecule has 3 aromatic heterocycles. The molecule has 2 N–H and O–H groups in total. The number of para-hydroxylation sites is 1. The van der Waals surface area contributed by atoms with Gasteiger partial charge in [-0.3, -0.25) is 19.9 Å². The number of thiazole rings is 1. The predicted octanol–water partition coefficient (Wildman–Crippen LogP) is 4.03. The van der Waals surface area contributed by atoms with Gasteiger partial charge in [-0.15, -0.1) is 11.3 Å². The maximum absolute atomic E-state index is 12.4. The van der Waals surface area contributed by atoms with Crippen molar-refractivity contribution in [3.05, 3.63) is 71.3 Å². The van der Waals surface area contributed by atoms with Crippen molar-refractivity contribution in [1.82, 2.24) is 9.97 Å². The van der Waals surface area contributed by atoms with E-state index in [0.717, 1.165) is 10.9 Å². The fourth-order valence-electron chi connectivity index (χ4n) is 2.79. The quantitative estimate of drug-likeness (QED) is 0.534. The lowest BCUT2D eigenvalue weighted by Crippen LogP contribution is -2.15. The number of benzene rings is 1. The fraction of sp³-hybridized carbons (Fsp3) is 0.100. The number of carbonyl (C=O) groups excluding carboxylic acids is 2. The second-order valence-corrected chi connectivity index (χ2v) is 6.95. The highest BCUT2D eigenvalue weighted by Crippen LogP contribution is 2.22. The summed E-state index contributed by atoms with van der Waals surface area (Å²) in [5.41, 5.74) is 2.43. The highest BCUT2D eigenvalue weighted by molar-refractivity contribution is 7.14. The van der Waals surface area contributed by atoms with Crippen LogP contribution in [0.25, 0.3) is 10.9 Å². The minimum atomic E-state index is -0.293. The third-order valence-electron chi connectivity index (χ3n) is 4.12. The molecular weight excluding hydrogens is 376 g/mol. The summed E-state index contributed by atoms with van der Waals surface area (Å²) in [5, 5.41) is 8.73. The number of furan rings is 1. The minimum Gasteiger partial charge on any atom is -0.469 e. The summed E-state index contributed by atoms with van der Waals surface area (Å²) >= 11 is 1.27. The van der Waals surface area contributed by atoms with Crippen molar-refractivity contribution in [2.75, 3.05) is 10.6 Å². The van der Waals surface area contributed by atoms with E-state index in [-0.39, 0.29) is 18.2 Å². The van der Waals surface area contributed by atoms with Gasteiger partial charge in [0.15, 0.2) is 5.13 Å². The lowest BCUT2D eigenvalue weighted by Gasteiger charge is -2.07. The molecule has 0 aliphatic carbocycles. The van der Waals surface area contributed by atoms with Gasteiger partial charge in [-0.25, -0.2) is 4.98 Å². The Morgan fingerprint density at radius 1 is 1.14 bits per heavy atom. The Morgan fingerprint density at radius 2 is 2.00 bits per heavy atom. The smallest absolute Gasteiger partial charge is 0.260 e. The Morgan fingerprint density at radius 3 is 2.82 bits per heavy atom. The van der Waals surface area contributed by atoms with Gasteiger partial charge in [0.25, 0.3) is 5.91 Å². The van der Waals surface area contributed by atoms with E-state index in [4.69, 9.17) is 4.42 Å². The summed E-state index contributed by atoms with van der Waals surface area (Å²) < 4.78 is 5.13. The van der Waals surface area contributed by atoms with Gasteiger partial charge in [0.1, 0.15) is 5.76 Å². The number of hydrogen-bond donors (Lipinski definition) is 2. The van der Waals surface area contributed by atoms with Crippen LogP contribution in [0.4, 0.5) is 10.8 Å². The second-order valence-electron chi connectivity index (χ2n) is 6.09. The first-order valence-corrected chi connectivity index (χ1v) is 9.41. The van der Waals surface area contributed by atoms with E-state index in [0.29, 0.717) is 27.8 Å². The van der Waals surface area contributed by atoms with Crippen molar-refractivity contribution in [1.29, 1.82) is 0 Å². The average Bonchev–Trinajstić information content (AvgIpc) is 3.30. The number of aryl methyl sites for hydroxylation is 1. The zero-order chi connectivity index (χ0) is 19.5. The first kappa shape index (κ1) is 17.9. The Hall–Kier alpha value is -3.52. The van der Waals surface area contributed by atoms with Crippen LogP contribution in [0, 0.1) is 6.92 Å². The summed E-state index contributed by atoms with van der Waals surface area (Å²) in [6.07, 6.45) is 3.25. The van der Waals surface area contributed by atoms with Gasteiger partial charge in [-0.1, -0.05) is 18.2 Å². The van der Waals surface area contributed by atoms with E-state index in [1.54, 1.807) is 24.6 Å². The number of anilines is 2. The Bertz CT molecular complexity index is 1160. The Kier molecular flexibility index (Phi) is 4.86. The molecule has 4 aromatic rings. The molecule has 3 heterocycles. The molecule has 0 spiro atoms. The largest absolute Gasteiger partial charge is 0.469 e. The van der Waals surface area contributed by atoms with Gasteiger partial charge in [0.2, 0.25) is 5.91 Å². The SMILES string of the molecule is Cc1occc1C(=O)Nc1nc(CC(=O)Nc2cccc3cccnc23)cs1. The number of nitrogens with one attached hydrogen (secondary N) is 2. The van der Waals surface area contributed by atoms with Crippen molar-refractivity contribution < 1.29 is 14.0 Å². The van der Waals surface area contributed by atoms with Gasteiger partial charge in [0.05, 0.1) is 35.1 Å². The number of rotatable bonds is 5. The molecule has 0 bridgehead atoms. The van der Waals surface area contributed by atoms with E-state index in [1.807, 2.05) is 30.3 Å². The lowest BCUT2D eigenvalue weighted by molar-refractivity contribution is -0.115. The summed E-state index contributed by atoms with van der Waals surface area (Å²) in [6.45, 7) is 1.72. The van der Waals surface area contributed by atoms with Crippen molar-refractivity contribution in [2.45, 2.75) is 13.3 Å². The van der Waals surface area contributed by atoms with Gasteiger partial charge in [-0.2, -0.15) is 0 Å². The lowest BCUT2D eigenvalue weighted by atomic mass is 10.2. The number of amides is 2. The van der Waals surface area contributed by atoms with Gasteiger partial charge >= 0.3 is 0 Å². The molecule has 0 atom stereocenters. The zero-order valence-electron chi connectivity index (χ0n) is 14.9. The summed E-state index contributed by atoms with van der Waals surface area (Å²) in [5.74, 6) is 0.0443. The molecule has 4 rings (SSSR count). The molecule has 0 aliphatic rings. The van der Waals surface area contributed by atoms with Crippen molar-refractivity contribution in [3.63, 3.8) is 0 Å². The van der Waals surface area contributed by atoms with Gasteiger partial charge in [-0.05, 0) is 25.1 Å². The molecule has 0 aliphatic heterocycles. The maximum atomic E-state index is 12.4. The first-order chi connectivity index (χ1) is 13.6. The Labute approximate surface area is 164 Å². The molecule has 0 radical (unpaired) electrons. The van der Waals surface area contributed by atoms with E-state index >= 15 is 0 Å². The Balaban J connectivity index is 1.41. The van der Waals surface area contributed by atoms with E-state index < -0.39 is 0 Å². The highest BCUT2D eigenvalue weighted by Gasteiger charge is 2.15. The molecule has 0 unspecified atom stereocenters. The highest BCUT2D eigenvalue weighted by atomic mass is 32.1. The van der Waals surface area contributed by atoms with E-state index in [2.05, 4.69) is 20.6 Å². The fourth-order valence-corrected chi connectivity index (χ4v) is 3.50. The van der Waals surface area contributed by atoms with Crippen LogP contribution in [-0.2, 0) is 11.2 Å². The van der Waals surface area contributed by atoms with Crippen LogP contribution in [-0.4, -0.2) is 21.8 Å². The topological polar surface area (TPSA) is 97.1 Å². The van der Waals surface area contributed by atoms with Crippen LogP contribution in [0.5, 0.6) is 0 Å². The van der Waals surface area contributed by atoms with Crippen LogP contribution in [0.3, 0.4) is 0 Å². The number of nitrogens with zero attached hydrogens (tertiary/aromatic N) is 2. The number of pyridine rings is 1. The van der Waals surface area contributed by atoms with Gasteiger partial charge in [0, 0.05) is 17.0 Å². The van der Waals surface area contributed by atoms with Crippen molar-refractivity contribution >= 4 is 44.9 Å². The van der Waals surface area contributed by atoms with Crippen LogP contribution in [0.1, 0.15) is 21.8 Å². The molecular formula is C20H16N4O3S.